The minimum Gasteiger partial charge on any atom is -0.504 e. The molecule has 4 N–H and O–H groups in total. The Morgan fingerprint density at radius 2 is 2.00 bits per heavy atom. The summed E-state index contributed by atoms with van der Waals surface area (Å²) in [5, 5.41) is 30.0. The predicted octanol–water partition coefficient (Wildman–Crippen LogP) is 1.18. The molecule has 6 heteroatoms. The highest BCUT2D eigenvalue weighted by atomic mass is 16.4. The van der Waals surface area contributed by atoms with E-state index < -0.39 is 12.0 Å². The lowest BCUT2D eigenvalue weighted by molar-refractivity contribution is -0.141. The van der Waals surface area contributed by atoms with E-state index in [1.807, 2.05) is 0 Å². The fourth-order valence-corrected chi connectivity index (χ4v) is 1.63. The number of rotatable bonds is 7. The highest BCUT2D eigenvalue weighted by Crippen LogP contribution is 2.25. The highest BCUT2D eigenvalue weighted by molar-refractivity contribution is 5.83. The monoisotopic (exact) mass is 279 g/mol. The summed E-state index contributed by atoms with van der Waals surface area (Å²) in [5.74, 6) is -2.15. The van der Waals surface area contributed by atoms with Crippen LogP contribution in [0, 0.1) is 0 Å². The lowest BCUT2D eigenvalue weighted by Crippen LogP contribution is -2.42. The number of allylic oxidation sites excluding steroid dienone is 1. The molecule has 108 valence electrons. The second kappa shape index (κ2) is 7.18. The second-order valence-electron chi connectivity index (χ2n) is 4.31. The summed E-state index contributed by atoms with van der Waals surface area (Å²) >= 11 is 0. The van der Waals surface area contributed by atoms with Crippen LogP contribution >= 0.6 is 0 Å². The molecule has 0 saturated carbocycles. The molecular formula is C14H17NO5. The Labute approximate surface area is 116 Å². The molecule has 1 aromatic carbocycles. The van der Waals surface area contributed by atoms with E-state index in [1.165, 1.54) is 18.2 Å². The first-order chi connectivity index (χ1) is 9.43. The molecule has 0 heterocycles. The van der Waals surface area contributed by atoms with E-state index in [1.54, 1.807) is 6.08 Å². The van der Waals surface area contributed by atoms with Gasteiger partial charge in [0.15, 0.2) is 11.5 Å². The van der Waals surface area contributed by atoms with Gasteiger partial charge in [-0.25, -0.2) is 4.79 Å². The van der Waals surface area contributed by atoms with Gasteiger partial charge < -0.3 is 20.6 Å². The van der Waals surface area contributed by atoms with Gasteiger partial charge >= 0.3 is 5.97 Å². The normalized spacial score (nSPS) is 11.6. The maximum Gasteiger partial charge on any atom is 0.326 e. The van der Waals surface area contributed by atoms with E-state index in [4.69, 9.17) is 5.11 Å². The third-order valence-corrected chi connectivity index (χ3v) is 2.69. The van der Waals surface area contributed by atoms with Crippen LogP contribution in [0.3, 0.4) is 0 Å². The number of carbonyl (C=O) groups is 2. The van der Waals surface area contributed by atoms with Crippen molar-refractivity contribution in [1.82, 2.24) is 5.32 Å². The molecule has 6 nitrogen and oxygen atoms in total. The van der Waals surface area contributed by atoms with Crippen molar-refractivity contribution in [3.05, 3.63) is 36.4 Å². The number of carboxylic acid groups (broad SMARTS) is 1. The molecule has 1 rings (SSSR count). The molecule has 0 saturated heterocycles. The van der Waals surface area contributed by atoms with E-state index >= 15 is 0 Å². The number of aromatic hydroxyl groups is 2. The van der Waals surface area contributed by atoms with E-state index in [-0.39, 0.29) is 30.2 Å². The smallest absolute Gasteiger partial charge is 0.326 e. The van der Waals surface area contributed by atoms with Gasteiger partial charge in [-0.1, -0.05) is 12.1 Å². The molecular weight excluding hydrogens is 262 g/mol. The first-order valence-electron chi connectivity index (χ1n) is 6.08. The quantitative estimate of drug-likeness (QED) is 0.443. The molecule has 0 fully saturated rings. The standard InChI is InChI=1S/C14H17NO5/c1-2-3-4-13(18)15-10(14(19)20)7-9-5-6-11(16)12(17)8-9/h2,5-6,8,10,16-17H,1,3-4,7H2,(H,15,18)(H,19,20). The van der Waals surface area contributed by atoms with E-state index in [9.17, 15) is 19.8 Å². The lowest BCUT2D eigenvalue weighted by atomic mass is 10.0. The molecule has 1 aromatic rings. The van der Waals surface area contributed by atoms with Crippen LogP contribution in [0.5, 0.6) is 11.5 Å². The molecule has 0 aliphatic heterocycles. The van der Waals surface area contributed by atoms with Crippen LogP contribution in [0.15, 0.2) is 30.9 Å². The summed E-state index contributed by atoms with van der Waals surface area (Å²) in [7, 11) is 0. The molecule has 1 unspecified atom stereocenters. The van der Waals surface area contributed by atoms with E-state index in [0.717, 1.165) is 0 Å². The third-order valence-electron chi connectivity index (χ3n) is 2.69. The Kier molecular flexibility index (Phi) is 5.58. The number of phenols is 2. The average Bonchev–Trinajstić information content (AvgIpc) is 2.39. The van der Waals surface area contributed by atoms with Gasteiger partial charge in [-0.2, -0.15) is 0 Å². The van der Waals surface area contributed by atoms with Crippen molar-refractivity contribution in [2.24, 2.45) is 0 Å². The van der Waals surface area contributed by atoms with Crippen molar-refractivity contribution in [3.63, 3.8) is 0 Å². The van der Waals surface area contributed by atoms with Crippen LogP contribution in [0.2, 0.25) is 0 Å². The zero-order chi connectivity index (χ0) is 15.1. The van der Waals surface area contributed by atoms with Gasteiger partial charge in [0, 0.05) is 12.8 Å². The summed E-state index contributed by atoms with van der Waals surface area (Å²) in [5.41, 5.74) is 0.497. The first-order valence-corrected chi connectivity index (χ1v) is 6.08. The summed E-state index contributed by atoms with van der Waals surface area (Å²) in [4.78, 5) is 22.6. The number of carbonyl (C=O) groups excluding carboxylic acids is 1. The van der Waals surface area contributed by atoms with Crippen LogP contribution in [0.1, 0.15) is 18.4 Å². The number of aliphatic carboxylic acids is 1. The average molecular weight is 279 g/mol. The van der Waals surface area contributed by atoms with Crippen LogP contribution in [-0.4, -0.2) is 33.2 Å². The van der Waals surface area contributed by atoms with Crippen LogP contribution in [0.25, 0.3) is 0 Å². The molecule has 0 spiro atoms. The number of nitrogens with one attached hydrogen (secondary N) is 1. The minimum atomic E-state index is -1.16. The van der Waals surface area contributed by atoms with Gasteiger partial charge in [0.25, 0.3) is 0 Å². The topological polar surface area (TPSA) is 107 Å². The molecule has 0 aliphatic rings. The molecule has 0 bridgehead atoms. The van der Waals surface area contributed by atoms with Gasteiger partial charge in [0.2, 0.25) is 5.91 Å². The van der Waals surface area contributed by atoms with Crippen molar-refractivity contribution in [3.8, 4) is 11.5 Å². The zero-order valence-corrected chi connectivity index (χ0v) is 10.9. The summed E-state index contributed by atoms with van der Waals surface area (Å²) in [6.45, 7) is 3.48. The highest BCUT2D eigenvalue weighted by Gasteiger charge is 2.20. The number of hydrogen-bond acceptors (Lipinski definition) is 4. The summed E-state index contributed by atoms with van der Waals surface area (Å²) < 4.78 is 0. The van der Waals surface area contributed by atoms with Gasteiger partial charge in [-0.3, -0.25) is 4.79 Å². The minimum absolute atomic E-state index is 0.0169. The Morgan fingerprint density at radius 3 is 2.55 bits per heavy atom. The number of hydrogen-bond donors (Lipinski definition) is 4. The fourth-order valence-electron chi connectivity index (χ4n) is 1.63. The number of carboxylic acids is 1. The van der Waals surface area contributed by atoms with Crippen molar-refractivity contribution in [2.45, 2.75) is 25.3 Å². The van der Waals surface area contributed by atoms with Crippen LogP contribution < -0.4 is 5.32 Å². The largest absolute Gasteiger partial charge is 0.504 e. The molecule has 0 aliphatic carbocycles. The lowest BCUT2D eigenvalue weighted by Gasteiger charge is -2.14. The molecule has 20 heavy (non-hydrogen) atoms. The molecule has 1 atom stereocenters. The first kappa shape index (κ1) is 15.6. The molecule has 0 aromatic heterocycles. The summed E-state index contributed by atoms with van der Waals surface area (Å²) in [6, 6.07) is 2.93. The fraction of sp³-hybridized carbons (Fsp3) is 0.286. The summed E-state index contributed by atoms with van der Waals surface area (Å²) in [6.07, 6.45) is 2.24. The van der Waals surface area contributed by atoms with Crippen molar-refractivity contribution in [2.75, 3.05) is 0 Å². The van der Waals surface area contributed by atoms with Gasteiger partial charge in [0.05, 0.1) is 0 Å². The molecule has 1 amide bonds. The number of phenolic OH excluding ortho intramolecular Hbond substituents is 2. The van der Waals surface area contributed by atoms with Gasteiger partial charge in [-0.15, -0.1) is 6.58 Å². The van der Waals surface area contributed by atoms with Crippen molar-refractivity contribution < 1.29 is 24.9 Å². The van der Waals surface area contributed by atoms with Gasteiger partial charge in [0.1, 0.15) is 6.04 Å². The van der Waals surface area contributed by atoms with E-state index in [2.05, 4.69) is 11.9 Å². The Bertz CT molecular complexity index is 512. The maximum atomic E-state index is 11.5. The Hall–Kier alpha value is -2.50. The predicted molar refractivity (Wildman–Crippen MR) is 72.5 cm³/mol. The second-order valence-corrected chi connectivity index (χ2v) is 4.31. The Balaban J connectivity index is 2.71. The van der Waals surface area contributed by atoms with Crippen molar-refractivity contribution in [1.29, 1.82) is 0 Å². The number of benzene rings is 1. The third kappa shape index (κ3) is 4.64. The van der Waals surface area contributed by atoms with E-state index in [0.29, 0.717) is 12.0 Å². The van der Waals surface area contributed by atoms with Crippen LogP contribution in [-0.2, 0) is 16.0 Å². The number of amides is 1. The molecule has 0 radical (unpaired) electrons. The van der Waals surface area contributed by atoms with Gasteiger partial charge in [-0.05, 0) is 24.1 Å². The Morgan fingerprint density at radius 1 is 1.30 bits per heavy atom. The van der Waals surface area contributed by atoms with Crippen LogP contribution in [0.4, 0.5) is 0 Å². The SMILES string of the molecule is C=CCCC(=O)NC(Cc1ccc(O)c(O)c1)C(=O)O. The van der Waals surface area contributed by atoms with Crippen molar-refractivity contribution >= 4 is 11.9 Å². The zero-order valence-electron chi connectivity index (χ0n) is 10.9. The maximum absolute atomic E-state index is 11.5.